The van der Waals surface area contributed by atoms with Crippen molar-refractivity contribution in [1.29, 1.82) is 0 Å². The molecule has 20 heavy (non-hydrogen) atoms. The normalized spacial score (nSPS) is 10.2. The summed E-state index contributed by atoms with van der Waals surface area (Å²) in [7, 11) is 0. The Morgan fingerprint density at radius 1 is 1.20 bits per heavy atom. The molecule has 0 bridgehead atoms. The predicted octanol–water partition coefficient (Wildman–Crippen LogP) is 2.84. The lowest BCUT2D eigenvalue weighted by Gasteiger charge is -2.06. The first-order valence-corrected chi connectivity index (χ1v) is 7.59. The van der Waals surface area contributed by atoms with Crippen molar-refractivity contribution in [2.24, 2.45) is 0 Å². The molecule has 0 aliphatic carbocycles. The third-order valence-corrected chi connectivity index (χ3v) is 4.06. The standard InChI is InChI=1S/C16H18N2OS/c1-13-6-2-3-8-15(13)20-12-16(19)18-11-9-14-7-4-5-10-17-14/h2-8,10H,9,11-12H2,1H3,(H,18,19). The quantitative estimate of drug-likeness (QED) is 0.830. The van der Waals surface area contributed by atoms with Crippen molar-refractivity contribution in [3.63, 3.8) is 0 Å². The minimum Gasteiger partial charge on any atom is -0.355 e. The summed E-state index contributed by atoms with van der Waals surface area (Å²) < 4.78 is 0. The molecule has 0 saturated carbocycles. The van der Waals surface area contributed by atoms with Crippen LogP contribution >= 0.6 is 11.8 Å². The number of hydrogen-bond donors (Lipinski definition) is 1. The van der Waals surface area contributed by atoms with Gasteiger partial charge in [-0.25, -0.2) is 0 Å². The molecule has 1 heterocycles. The van der Waals surface area contributed by atoms with E-state index in [1.807, 2.05) is 36.4 Å². The number of carbonyl (C=O) groups excluding carboxylic acids is 1. The highest BCUT2D eigenvalue weighted by Gasteiger charge is 2.04. The van der Waals surface area contributed by atoms with E-state index >= 15 is 0 Å². The molecule has 2 rings (SSSR count). The van der Waals surface area contributed by atoms with Crippen molar-refractivity contribution in [3.05, 3.63) is 59.9 Å². The van der Waals surface area contributed by atoms with Gasteiger partial charge in [-0.1, -0.05) is 24.3 Å². The van der Waals surface area contributed by atoms with Crippen LogP contribution in [0.25, 0.3) is 0 Å². The average molecular weight is 286 g/mol. The van der Waals surface area contributed by atoms with Crippen molar-refractivity contribution in [3.8, 4) is 0 Å². The van der Waals surface area contributed by atoms with Crippen LogP contribution in [0.3, 0.4) is 0 Å². The lowest BCUT2D eigenvalue weighted by molar-refractivity contribution is -0.118. The van der Waals surface area contributed by atoms with Gasteiger partial charge in [-0.15, -0.1) is 11.8 Å². The van der Waals surface area contributed by atoms with Crippen LogP contribution in [0.15, 0.2) is 53.6 Å². The molecule has 1 N–H and O–H groups in total. The van der Waals surface area contributed by atoms with Crippen LogP contribution in [0.1, 0.15) is 11.3 Å². The van der Waals surface area contributed by atoms with Gasteiger partial charge in [0.25, 0.3) is 0 Å². The van der Waals surface area contributed by atoms with Gasteiger partial charge in [0, 0.05) is 29.8 Å². The largest absolute Gasteiger partial charge is 0.355 e. The Labute approximate surface area is 123 Å². The molecule has 0 unspecified atom stereocenters. The Morgan fingerprint density at radius 2 is 2.00 bits per heavy atom. The average Bonchev–Trinajstić information content (AvgIpc) is 2.47. The van der Waals surface area contributed by atoms with Gasteiger partial charge < -0.3 is 5.32 Å². The molecule has 0 spiro atoms. The molecule has 3 nitrogen and oxygen atoms in total. The van der Waals surface area contributed by atoms with E-state index in [1.54, 1.807) is 18.0 Å². The molecule has 104 valence electrons. The zero-order valence-electron chi connectivity index (χ0n) is 11.5. The molecule has 0 radical (unpaired) electrons. The zero-order chi connectivity index (χ0) is 14.2. The Balaban J connectivity index is 1.70. The summed E-state index contributed by atoms with van der Waals surface area (Å²) in [6.45, 7) is 2.69. The maximum Gasteiger partial charge on any atom is 0.230 e. The molecule has 0 aliphatic heterocycles. The van der Waals surface area contributed by atoms with Gasteiger partial charge in [0.05, 0.1) is 5.75 Å². The van der Waals surface area contributed by atoms with E-state index in [0.29, 0.717) is 12.3 Å². The monoisotopic (exact) mass is 286 g/mol. The fourth-order valence-electron chi connectivity index (χ4n) is 1.79. The van der Waals surface area contributed by atoms with E-state index in [9.17, 15) is 4.79 Å². The number of nitrogens with one attached hydrogen (secondary N) is 1. The van der Waals surface area contributed by atoms with E-state index in [1.165, 1.54) is 5.56 Å². The van der Waals surface area contributed by atoms with Gasteiger partial charge in [-0.05, 0) is 30.7 Å². The summed E-state index contributed by atoms with van der Waals surface area (Å²) >= 11 is 1.57. The number of aryl methyl sites for hydroxylation is 1. The molecule has 1 aromatic carbocycles. The summed E-state index contributed by atoms with van der Waals surface area (Å²) in [5.74, 6) is 0.516. The summed E-state index contributed by atoms with van der Waals surface area (Å²) in [6.07, 6.45) is 2.53. The lowest BCUT2D eigenvalue weighted by Crippen LogP contribution is -2.27. The van der Waals surface area contributed by atoms with E-state index in [-0.39, 0.29) is 5.91 Å². The number of benzene rings is 1. The maximum absolute atomic E-state index is 11.8. The Bertz CT molecular complexity index is 557. The van der Waals surface area contributed by atoms with Gasteiger partial charge in [0.15, 0.2) is 0 Å². The fourth-order valence-corrected chi connectivity index (χ4v) is 2.65. The van der Waals surface area contributed by atoms with Crippen molar-refractivity contribution in [2.75, 3.05) is 12.3 Å². The minimum atomic E-state index is 0.0641. The number of pyridine rings is 1. The van der Waals surface area contributed by atoms with Crippen LogP contribution < -0.4 is 5.32 Å². The summed E-state index contributed by atoms with van der Waals surface area (Å²) in [5.41, 5.74) is 2.21. The number of hydrogen-bond acceptors (Lipinski definition) is 3. The lowest BCUT2D eigenvalue weighted by atomic mass is 10.2. The molecular formula is C16H18N2OS. The smallest absolute Gasteiger partial charge is 0.230 e. The number of aromatic nitrogens is 1. The van der Waals surface area contributed by atoms with Crippen molar-refractivity contribution in [2.45, 2.75) is 18.2 Å². The van der Waals surface area contributed by atoms with Crippen LogP contribution in [-0.4, -0.2) is 23.2 Å². The third kappa shape index (κ3) is 4.70. The molecule has 0 saturated heterocycles. The molecular weight excluding hydrogens is 268 g/mol. The summed E-state index contributed by atoms with van der Waals surface area (Å²) in [4.78, 5) is 17.1. The van der Waals surface area contributed by atoms with Crippen LogP contribution in [0.4, 0.5) is 0 Å². The van der Waals surface area contributed by atoms with E-state index in [4.69, 9.17) is 0 Å². The number of carbonyl (C=O) groups is 1. The molecule has 0 fully saturated rings. The van der Waals surface area contributed by atoms with Crippen LogP contribution in [0, 0.1) is 6.92 Å². The first kappa shape index (κ1) is 14.6. The van der Waals surface area contributed by atoms with E-state index < -0.39 is 0 Å². The highest BCUT2D eigenvalue weighted by molar-refractivity contribution is 8.00. The van der Waals surface area contributed by atoms with Crippen LogP contribution in [0.2, 0.25) is 0 Å². The number of thioether (sulfide) groups is 1. The Morgan fingerprint density at radius 3 is 2.75 bits per heavy atom. The van der Waals surface area contributed by atoms with E-state index in [0.717, 1.165) is 17.0 Å². The minimum absolute atomic E-state index is 0.0641. The van der Waals surface area contributed by atoms with Gasteiger partial charge in [-0.2, -0.15) is 0 Å². The predicted molar refractivity (Wildman–Crippen MR) is 82.9 cm³/mol. The molecule has 0 atom stereocenters. The summed E-state index contributed by atoms with van der Waals surface area (Å²) in [6, 6.07) is 13.9. The van der Waals surface area contributed by atoms with Crippen molar-refractivity contribution in [1.82, 2.24) is 10.3 Å². The molecule has 1 amide bonds. The van der Waals surface area contributed by atoms with E-state index in [2.05, 4.69) is 23.3 Å². The van der Waals surface area contributed by atoms with Gasteiger partial charge in [0.1, 0.15) is 0 Å². The second-order valence-corrected chi connectivity index (χ2v) is 5.49. The number of nitrogens with zero attached hydrogens (tertiary/aromatic N) is 1. The highest BCUT2D eigenvalue weighted by Crippen LogP contribution is 2.21. The number of rotatable bonds is 6. The second kappa shape index (κ2) is 7.70. The fraction of sp³-hybridized carbons (Fsp3) is 0.250. The third-order valence-electron chi connectivity index (χ3n) is 2.88. The molecule has 4 heteroatoms. The van der Waals surface area contributed by atoms with Crippen molar-refractivity contribution < 1.29 is 4.79 Å². The first-order chi connectivity index (χ1) is 9.75. The first-order valence-electron chi connectivity index (χ1n) is 6.61. The van der Waals surface area contributed by atoms with Gasteiger partial charge in [0.2, 0.25) is 5.91 Å². The SMILES string of the molecule is Cc1ccccc1SCC(=O)NCCc1ccccn1. The molecule has 1 aromatic heterocycles. The van der Waals surface area contributed by atoms with Crippen LogP contribution in [0.5, 0.6) is 0 Å². The summed E-state index contributed by atoms with van der Waals surface area (Å²) in [5, 5.41) is 2.92. The molecule has 0 aliphatic rings. The second-order valence-electron chi connectivity index (χ2n) is 4.48. The zero-order valence-corrected chi connectivity index (χ0v) is 12.3. The van der Waals surface area contributed by atoms with Gasteiger partial charge >= 0.3 is 0 Å². The molecule has 2 aromatic rings. The van der Waals surface area contributed by atoms with Crippen LogP contribution in [-0.2, 0) is 11.2 Å². The Hall–Kier alpha value is -1.81. The topological polar surface area (TPSA) is 42.0 Å². The number of amides is 1. The van der Waals surface area contributed by atoms with Gasteiger partial charge in [-0.3, -0.25) is 9.78 Å². The van der Waals surface area contributed by atoms with Crippen molar-refractivity contribution >= 4 is 17.7 Å². The highest BCUT2D eigenvalue weighted by atomic mass is 32.2. The maximum atomic E-state index is 11.8. The Kier molecular flexibility index (Phi) is 5.62.